The van der Waals surface area contributed by atoms with E-state index in [4.69, 9.17) is 9.47 Å². The van der Waals surface area contributed by atoms with Crippen molar-refractivity contribution < 1.29 is 45.2 Å². The molecule has 1 heterocycles. The van der Waals surface area contributed by atoms with Gasteiger partial charge in [-0.15, -0.1) is 0 Å². The van der Waals surface area contributed by atoms with Crippen molar-refractivity contribution >= 4 is 0 Å². The molecular weight excluding hydrogens is 326 g/mol. The molecule has 0 amide bonds. The summed E-state index contributed by atoms with van der Waals surface area (Å²) in [6.45, 7) is -0.910. The summed E-state index contributed by atoms with van der Waals surface area (Å²) in [4.78, 5) is 0. The highest BCUT2D eigenvalue weighted by atomic mass is 16.6. The van der Waals surface area contributed by atoms with E-state index in [0.29, 0.717) is 0 Å². The highest BCUT2D eigenvalue weighted by molar-refractivity contribution is 4.97. The fourth-order valence-electron chi connectivity index (χ4n) is 3.29. The molecule has 24 heavy (non-hydrogen) atoms. The lowest BCUT2D eigenvalue weighted by atomic mass is 9.81. The molecule has 2 aliphatic rings. The van der Waals surface area contributed by atoms with E-state index in [0.717, 1.165) is 0 Å². The van der Waals surface area contributed by atoms with Gasteiger partial charge in [-0.3, -0.25) is 5.32 Å². The molecule has 10 nitrogen and oxygen atoms in total. The summed E-state index contributed by atoms with van der Waals surface area (Å²) in [5, 5.41) is 71.4. The molecule has 1 saturated heterocycles. The van der Waals surface area contributed by atoms with Crippen LogP contribution < -0.4 is 5.32 Å². The minimum absolute atomic E-state index is 0.0306. The molecule has 8 N–H and O–H groups in total. The Morgan fingerprint density at radius 1 is 0.917 bits per heavy atom. The Morgan fingerprint density at radius 3 is 2.12 bits per heavy atom. The third kappa shape index (κ3) is 3.73. The van der Waals surface area contributed by atoms with E-state index in [1.165, 1.54) is 7.05 Å². The van der Waals surface area contributed by atoms with Crippen LogP contribution in [0.3, 0.4) is 0 Å². The number of rotatable bonds is 5. The van der Waals surface area contributed by atoms with Gasteiger partial charge in [0.25, 0.3) is 0 Å². The molecule has 0 aromatic heterocycles. The van der Waals surface area contributed by atoms with Crippen molar-refractivity contribution in [3.63, 3.8) is 0 Å². The first-order valence-electron chi connectivity index (χ1n) is 7.95. The second-order valence-corrected chi connectivity index (χ2v) is 6.34. The smallest absolute Gasteiger partial charge is 0.137 e. The minimum atomic E-state index is -1.52. The third-order valence-corrected chi connectivity index (χ3v) is 4.81. The topological polar surface area (TPSA) is 172 Å². The van der Waals surface area contributed by atoms with E-state index in [2.05, 4.69) is 5.32 Å². The van der Waals surface area contributed by atoms with Gasteiger partial charge in [0.05, 0.1) is 18.8 Å². The van der Waals surface area contributed by atoms with Crippen LogP contribution in [0.1, 0.15) is 6.42 Å². The predicted octanol–water partition coefficient (Wildman–Crippen LogP) is -4.51. The van der Waals surface area contributed by atoms with Gasteiger partial charge in [-0.05, 0) is 13.5 Å². The maximum Gasteiger partial charge on any atom is 0.137 e. The van der Waals surface area contributed by atoms with Gasteiger partial charge in [-0.1, -0.05) is 0 Å². The molecular formula is C14H27NO9. The lowest BCUT2D eigenvalue weighted by Crippen LogP contribution is -2.65. The van der Waals surface area contributed by atoms with Crippen molar-refractivity contribution in [3.8, 4) is 0 Å². The number of nitrogens with one attached hydrogen (secondary N) is 1. The summed E-state index contributed by atoms with van der Waals surface area (Å²) in [5.41, 5.74) is 0. The number of aliphatic hydroxyl groups excluding tert-OH is 7. The number of hydrogen-bond acceptors (Lipinski definition) is 10. The van der Waals surface area contributed by atoms with Gasteiger partial charge in [0.2, 0.25) is 0 Å². The normalized spacial score (nSPS) is 50.0. The Balaban J connectivity index is 2.12. The van der Waals surface area contributed by atoms with Crippen molar-refractivity contribution in [1.82, 2.24) is 5.32 Å². The number of aliphatic hydroxyl groups is 7. The number of ether oxygens (including phenoxy) is 2. The van der Waals surface area contributed by atoms with Crippen molar-refractivity contribution in [1.29, 1.82) is 0 Å². The Kier molecular flexibility index (Phi) is 6.90. The Morgan fingerprint density at radius 2 is 1.58 bits per heavy atom. The average Bonchev–Trinajstić information content (AvgIpc) is 2.59. The maximum absolute atomic E-state index is 10.2. The molecule has 142 valence electrons. The minimum Gasteiger partial charge on any atom is -0.396 e. The standard InChI is InChI=1S/C14H27NO9/c1-15-14-12(22)11(21)13(7(4-17)24-14)23-6-2-5(3-16)8(18)10(20)9(6)19/h5-22H,2-4H2,1H3. The van der Waals surface area contributed by atoms with Crippen LogP contribution in [0.2, 0.25) is 0 Å². The highest BCUT2D eigenvalue weighted by Crippen LogP contribution is 2.31. The molecule has 10 atom stereocenters. The van der Waals surface area contributed by atoms with Crippen LogP contribution in [0.5, 0.6) is 0 Å². The Labute approximate surface area is 139 Å². The predicted molar refractivity (Wildman–Crippen MR) is 78.7 cm³/mol. The second-order valence-electron chi connectivity index (χ2n) is 6.34. The number of hydrogen-bond donors (Lipinski definition) is 8. The van der Waals surface area contributed by atoms with Gasteiger partial charge >= 0.3 is 0 Å². The fourth-order valence-corrected chi connectivity index (χ4v) is 3.29. The summed E-state index contributed by atoms with van der Waals surface area (Å²) < 4.78 is 11.0. The molecule has 2 fully saturated rings. The van der Waals surface area contributed by atoms with Crippen molar-refractivity contribution in [3.05, 3.63) is 0 Å². The quantitative estimate of drug-likeness (QED) is 0.241. The molecule has 2 rings (SSSR count). The van der Waals surface area contributed by atoms with E-state index in [1.807, 2.05) is 0 Å². The van der Waals surface area contributed by atoms with Crippen LogP contribution >= 0.6 is 0 Å². The van der Waals surface area contributed by atoms with Crippen molar-refractivity contribution in [2.45, 2.75) is 61.5 Å². The first kappa shape index (κ1) is 19.9. The van der Waals surface area contributed by atoms with Crippen molar-refractivity contribution in [2.75, 3.05) is 20.3 Å². The molecule has 0 bridgehead atoms. The van der Waals surface area contributed by atoms with Gasteiger partial charge in [0, 0.05) is 12.5 Å². The highest BCUT2D eigenvalue weighted by Gasteiger charge is 2.49. The first-order valence-corrected chi connectivity index (χ1v) is 7.95. The van der Waals surface area contributed by atoms with Gasteiger partial charge in [0.15, 0.2) is 0 Å². The molecule has 0 aromatic carbocycles. The maximum atomic E-state index is 10.2. The zero-order valence-electron chi connectivity index (χ0n) is 13.3. The molecule has 1 saturated carbocycles. The van der Waals surface area contributed by atoms with Gasteiger partial charge < -0.3 is 45.2 Å². The Hall–Kier alpha value is -0.400. The Bertz CT molecular complexity index is 396. The molecule has 10 heteroatoms. The molecule has 0 spiro atoms. The van der Waals surface area contributed by atoms with Crippen LogP contribution in [0.4, 0.5) is 0 Å². The van der Waals surface area contributed by atoms with E-state index in [1.54, 1.807) is 0 Å². The van der Waals surface area contributed by atoms with Crippen LogP contribution in [0, 0.1) is 5.92 Å². The molecule has 0 radical (unpaired) electrons. The van der Waals surface area contributed by atoms with Crippen LogP contribution in [0.15, 0.2) is 0 Å². The molecule has 0 aromatic rings. The molecule has 10 unspecified atom stereocenters. The first-order chi connectivity index (χ1) is 11.3. The lowest BCUT2D eigenvalue weighted by Gasteiger charge is -2.46. The second kappa shape index (κ2) is 8.32. The van der Waals surface area contributed by atoms with Gasteiger partial charge in [-0.2, -0.15) is 0 Å². The summed E-state index contributed by atoms with van der Waals surface area (Å²) in [6, 6.07) is 0. The molecule has 1 aliphatic heterocycles. The largest absolute Gasteiger partial charge is 0.396 e. The van der Waals surface area contributed by atoms with E-state index in [-0.39, 0.29) is 6.42 Å². The summed E-state index contributed by atoms with van der Waals surface area (Å²) >= 11 is 0. The molecule has 1 aliphatic carbocycles. The summed E-state index contributed by atoms with van der Waals surface area (Å²) in [7, 11) is 1.52. The average molecular weight is 353 g/mol. The zero-order chi connectivity index (χ0) is 18.0. The number of likely N-dealkylation sites (N-methyl/N-ethyl adjacent to an activating group) is 1. The van der Waals surface area contributed by atoms with Crippen LogP contribution in [-0.4, -0.2) is 111 Å². The van der Waals surface area contributed by atoms with E-state index < -0.39 is 74.2 Å². The van der Waals surface area contributed by atoms with Gasteiger partial charge in [0.1, 0.15) is 42.9 Å². The monoisotopic (exact) mass is 353 g/mol. The van der Waals surface area contributed by atoms with Crippen LogP contribution in [0.25, 0.3) is 0 Å². The summed E-state index contributed by atoms with van der Waals surface area (Å²) in [6.07, 6.45) is -11.0. The summed E-state index contributed by atoms with van der Waals surface area (Å²) in [5.74, 6) is -0.711. The van der Waals surface area contributed by atoms with E-state index >= 15 is 0 Å². The third-order valence-electron chi connectivity index (χ3n) is 4.81. The van der Waals surface area contributed by atoms with Crippen molar-refractivity contribution in [2.24, 2.45) is 5.92 Å². The zero-order valence-corrected chi connectivity index (χ0v) is 13.3. The lowest BCUT2D eigenvalue weighted by molar-refractivity contribution is -0.276. The fraction of sp³-hybridized carbons (Fsp3) is 1.00. The van der Waals surface area contributed by atoms with Gasteiger partial charge in [-0.25, -0.2) is 0 Å². The van der Waals surface area contributed by atoms with Crippen LogP contribution in [-0.2, 0) is 9.47 Å². The SMILES string of the molecule is CNC1OC(CO)C(OC2CC(CO)C(O)C(O)C2O)C(O)C1O. The van der Waals surface area contributed by atoms with E-state index in [9.17, 15) is 35.7 Å².